The van der Waals surface area contributed by atoms with Crippen LogP contribution in [0, 0.1) is 0 Å². The van der Waals surface area contributed by atoms with Gasteiger partial charge in [-0.2, -0.15) is 28.8 Å². The molecule has 0 nitrogen and oxygen atoms in total. The first-order valence-corrected chi connectivity index (χ1v) is 7.15. The van der Waals surface area contributed by atoms with Crippen molar-refractivity contribution in [3.63, 3.8) is 0 Å². The maximum atomic E-state index is 3.28. The number of aryl methyl sites for hydroxylation is 3. The molecule has 2 aromatic carbocycles. The third-order valence-electron chi connectivity index (χ3n) is 2.92. The number of rotatable bonds is 3. The molecule has 0 radical (unpaired) electrons. The van der Waals surface area contributed by atoms with Gasteiger partial charge in [0.25, 0.3) is 0 Å². The fourth-order valence-corrected chi connectivity index (χ4v) is 2.19. The molecule has 0 atom stereocenters. The van der Waals surface area contributed by atoms with Gasteiger partial charge >= 0.3 is 0 Å². The number of hydrogen-bond acceptors (Lipinski definition) is 0. The van der Waals surface area contributed by atoms with Crippen LogP contribution in [0.4, 0.5) is 0 Å². The SMILES string of the molecule is Br[c-]1[cH-][cH-][cH-][cH-]1.CCc1c[c-](CC)cc1CC.[Fe]. The van der Waals surface area contributed by atoms with Crippen molar-refractivity contribution in [3.05, 3.63) is 57.6 Å². The molecule has 0 N–H and O–H groups in total. The first kappa shape index (κ1) is 17.7. The van der Waals surface area contributed by atoms with E-state index in [1.54, 1.807) is 11.1 Å². The molecule has 18 heavy (non-hydrogen) atoms. The molecule has 2 heteroatoms. The Labute approximate surface area is 130 Å². The Morgan fingerprint density at radius 3 is 1.67 bits per heavy atom. The van der Waals surface area contributed by atoms with Gasteiger partial charge in [-0.1, -0.05) is 40.0 Å². The molecule has 0 unspecified atom stereocenters. The van der Waals surface area contributed by atoms with Crippen molar-refractivity contribution in [2.45, 2.75) is 40.0 Å². The maximum Gasteiger partial charge on any atom is 0 e. The van der Waals surface area contributed by atoms with Crippen molar-refractivity contribution in [3.8, 4) is 0 Å². The molecule has 0 saturated carbocycles. The van der Waals surface area contributed by atoms with Gasteiger partial charge in [0.2, 0.25) is 0 Å². The molecule has 0 aliphatic rings. The predicted octanol–water partition coefficient (Wildman–Crippen LogP) is 5.26. The molecule has 0 saturated heterocycles. The van der Waals surface area contributed by atoms with Crippen LogP contribution in [0.2, 0.25) is 0 Å². The average Bonchev–Trinajstić information content (AvgIpc) is 2.97. The molecule has 0 fully saturated rings. The summed E-state index contributed by atoms with van der Waals surface area (Å²) in [5.74, 6) is 0. The van der Waals surface area contributed by atoms with E-state index >= 15 is 0 Å². The molecular formula is C16H21BrFe-6. The second-order valence-corrected chi connectivity index (χ2v) is 4.99. The summed E-state index contributed by atoms with van der Waals surface area (Å²) in [4.78, 5) is 0. The topological polar surface area (TPSA) is 0 Å². The average molecular weight is 349 g/mol. The van der Waals surface area contributed by atoms with E-state index in [4.69, 9.17) is 0 Å². The summed E-state index contributed by atoms with van der Waals surface area (Å²) in [5, 5.41) is 0. The summed E-state index contributed by atoms with van der Waals surface area (Å²) in [6.45, 7) is 6.68. The summed E-state index contributed by atoms with van der Waals surface area (Å²) in [6.07, 6.45) is 3.54. The molecule has 0 aromatic heterocycles. The Morgan fingerprint density at radius 2 is 1.44 bits per heavy atom. The quantitative estimate of drug-likeness (QED) is 0.524. The van der Waals surface area contributed by atoms with Gasteiger partial charge in [-0.15, -0.1) is 0 Å². The molecule has 2 aromatic rings. The van der Waals surface area contributed by atoms with Crippen LogP contribution in [0.3, 0.4) is 0 Å². The van der Waals surface area contributed by atoms with Gasteiger partial charge in [-0.05, 0) is 0 Å². The Morgan fingerprint density at radius 1 is 1.00 bits per heavy atom. The third-order valence-corrected chi connectivity index (χ3v) is 3.45. The van der Waals surface area contributed by atoms with Crippen LogP contribution < -0.4 is 0 Å². The summed E-state index contributed by atoms with van der Waals surface area (Å²) >= 11 is 3.28. The van der Waals surface area contributed by atoms with Gasteiger partial charge in [-0.25, -0.2) is 0 Å². The summed E-state index contributed by atoms with van der Waals surface area (Å²) in [7, 11) is 0. The Hall–Kier alpha value is -0.301. The van der Waals surface area contributed by atoms with Crippen LogP contribution in [0.25, 0.3) is 0 Å². The van der Waals surface area contributed by atoms with Crippen LogP contribution in [-0.2, 0) is 36.3 Å². The van der Waals surface area contributed by atoms with Crippen LogP contribution in [0.5, 0.6) is 0 Å². The van der Waals surface area contributed by atoms with E-state index in [1.807, 2.05) is 24.3 Å². The van der Waals surface area contributed by atoms with E-state index in [-0.39, 0.29) is 17.1 Å². The first-order valence-electron chi connectivity index (χ1n) is 6.35. The van der Waals surface area contributed by atoms with Crippen molar-refractivity contribution in [1.29, 1.82) is 0 Å². The second kappa shape index (κ2) is 9.61. The van der Waals surface area contributed by atoms with Gasteiger partial charge < -0.3 is 44.7 Å². The Bertz CT molecular complexity index is 391. The third kappa shape index (κ3) is 5.56. The second-order valence-electron chi connectivity index (χ2n) is 4.08. The van der Waals surface area contributed by atoms with E-state index < -0.39 is 0 Å². The van der Waals surface area contributed by atoms with E-state index in [9.17, 15) is 0 Å². The molecule has 0 spiro atoms. The molecule has 2 rings (SSSR count). The smallest absolute Gasteiger partial charge is 0 e. The van der Waals surface area contributed by atoms with E-state index in [0.29, 0.717) is 0 Å². The van der Waals surface area contributed by atoms with Crippen LogP contribution in [-0.4, -0.2) is 0 Å². The van der Waals surface area contributed by atoms with Crippen LogP contribution in [0.1, 0.15) is 37.5 Å². The zero-order valence-corrected chi connectivity index (χ0v) is 14.0. The molecule has 0 amide bonds. The molecule has 0 aliphatic carbocycles. The standard InChI is InChI=1S/C11H17.C5H4Br.Fe/c1-4-9-7-10(5-2)11(6-3)8-9;6-5-3-1-2-4-5;/h7-8H,4-6H2,1-3H3;1-4H;/q-1;-5;. The fraction of sp³-hybridized carbons (Fsp3) is 0.375. The number of hydrogen-bond donors (Lipinski definition) is 0. The van der Waals surface area contributed by atoms with Crippen molar-refractivity contribution >= 4 is 15.9 Å². The summed E-state index contributed by atoms with van der Waals surface area (Å²) in [5.41, 5.74) is 4.59. The van der Waals surface area contributed by atoms with E-state index in [0.717, 1.165) is 4.47 Å². The Balaban J connectivity index is 0.000000352. The monoisotopic (exact) mass is 348 g/mol. The zero-order chi connectivity index (χ0) is 12.7. The molecular weight excluding hydrogens is 328 g/mol. The van der Waals surface area contributed by atoms with Crippen LogP contribution in [0.15, 0.2) is 40.9 Å². The van der Waals surface area contributed by atoms with Gasteiger partial charge in [0, 0.05) is 17.1 Å². The molecule has 106 valence electrons. The Kier molecular flexibility index (Phi) is 9.45. The first-order chi connectivity index (χ1) is 8.21. The van der Waals surface area contributed by atoms with Gasteiger partial charge in [0.05, 0.1) is 0 Å². The minimum Gasteiger partial charge on any atom is -0.747 e. The fourth-order valence-electron chi connectivity index (χ4n) is 1.89. The van der Waals surface area contributed by atoms with Crippen molar-refractivity contribution in [2.24, 2.45) is 0 Å². The number of halogens is 1. The van der Waals surface area contributed by atoms with Gasteiger partial charge in [-0.3, -0.25) is 0 Å². The minimum atomic E-state index is 0. The summed E-state index contributed by atoms with van der Waals surface area (Å²) < 4.78 is 1.16. The summed E-state index contributed by atoms with van der Waals surface area (Å²) in [6, 6.07) is 12.7. The normalized spacial score (nSPS) is 9.33. The van der Waals surface area contributed by atoms with Crippen molar-refractivity contribution < 1.29 is 17.1 Å². The van der Waals surface area contributed by atoms with Gasteiger partial charge in [0.15, 0.2) is 0 Å². The predicted molar refractivity (Wildman–Crippen MR) is 79.9 cm³/mol. The van der Waals surface area contributed by atoms with E-state index in [1.165, 1.54) is 24.8 Å². The minimum absolute atomic E-state index is 0. The molecule has 0 bridgehead atoms. The van der Waals surface area contributed by atoms with E-state index in [2.05, 4.69) is 48.8 Å². The zero-order valence-electron chi connectivity index (χ0n) is 11.3. The van der Waals surface area contributed by atoms with Crippen molar-refractivity contribution in [2.75, 3.05) is 0 Å². The molecule has 0 aliphatic heterocycles. The van der Waals surface area contributed by atoms with Crippen LogP contribution >= 0.6 is 15.9 Å². The van der Waals surface area contributed by atoms with Crippen molar-refractivity contribution in [1.82, 2.24) is 0 Å². The molecule has 0 heterocycles. The maximum absolute atomic E-state index is 3.28. The largest absolute Gasteiger partial charge is 0.747 e. The van der Waals surface area contributed by atoms with Gasteiger partial charge in [0.1, 0.15) is 0 Å².